The normalized spacial score (nSPS) is 13.4. The first-order valence-electron chi connectivity index (χ1n) is 13.7. The number of amides is 3. The van der Waals surface area contributed by atoms with E-state index in [0.717, 1.165) is 20.8 Å². The highest BCUT2D eigenvalue weighted by Crippen LogP contribution is 2.27. The van der Waals surface area contributed by atoms with Gasteiger partial charge in [0.15, 0.2) is 0 Å². The van der Waals surface area contributed by atoms with Crippen molar-refractivity contribution in [1.82, 2.24) is 20.5 Å². The maximum atomic E-state index is 13.7. The van der Waals surface area contributed by atoms with Crippen molar-refractivity contribution in [2.45, 2.75) is 64.5 Å². The summed E-state index contributed by atoms with van der Waals surface area (Å²) in [6.07, 6.45) is 3.11. The van der Waals surface area contributed by atoms with Crippen molar-refractivity contribution < 1.29 is 14.4 Å². The molecule has 0 spiro atoms. The maximum Gasteiger partial charge on any atom is 0.244 e. The van der Waals surface area contributed by atoms with Crippen molar-refractivity contribution in [3.8, 4) is 0 Å². The van der Waals surface area contributed by atoms with E-state index in [-0.39, 0.29) is 31.1 Å². The van der Waals surface area contributed by atoms with Gasteiger partial charge in [0.2, 0.25) is 17.7 Å². The molecular formula is C31H41N5O3S. The van der Waals surface area contributed by atoms with Crippen molar-refractivity contribution in [1.29, 1.82) is 0 Å². The van der Waals surface area contributed by atoms with Crippen LogP contribution in [0.15, 0.2) is 60.2 Å². The average Bonchev–Trinajstić information content (AvgIpc) is 3.32. The molecule has 9 heteroatoms. The van der Waals surface area contributed by atoms with Crippen molar-refractivity contribution in [2.24, 2.45) is 5.73 Å². The van der Waals surface area contributed by atoms with E-state index in [1.165, 1.54) is 16.9 Å². The Bertz CT molecular complexity index is 1330. The Hall–Kier alpha value is -3.56. The number of rotatable bonds is 14. The molecule has 214 valence electrons. The molecule has 2 atom stereocenters. The second-order valence-electron chi connectivity index (χ2n) is 10.6. The largest absolute Gasteiger partial charge is 0.366 e. The van der Waals surface area contributed by atoms with Crippen LogP contribution in [0.5, 0.6) is 0 Å². The summed E-state index contributed by atoms with van der Waals surface area (Å²) in [5, 5.41) is 6.76. The number of likely N-dealkylation sites (N-methyl/N-ethyl adjacent to an activating group) is 1. The van der Waals surface area contributed by atoms with Gasteiger partial charge in [0.25, 0.3) is 0 Å². The lowest BCUT2D eigenvalue weighted by Crippen LogP contribution is -2.51. The predicted molar refractivity (Wildman–Crippen MR) is 162 cm³/mol. The van der Waals surface area contributed by atoms with Crippen LogP contribution >= 0.6 is 11.3 Å². The number of carbonyl (C=O) groups is 3. The van der Waals surface area contributed by atoms with E-state index in [0.29, 0.717) is 24.5 Å². The zero-order chi connectivity index (χ0) is 29.2. The Balaban J connectivity index is 1.86. The van der Waals surface area contributed by atoms with Crippen molar-refractivity contribution >= 4 is 39.3 Å². The minimum atomic E-state index is -0.807. The highest BCUT2D eigenvalue weighted by atomic mass is 32.1. The van der Waals surface area contributed by atoms with Crippen LogP contribution in [0, 0.1) is 0 Å². The van der Waals surface area contributed by atoms with E-state index in [1.54, 1.807) is 13.0 Å². The summed E-state index contributed by atoms with van der Waals surface area (Å²) in [6.45, 7) is 6.60. The van der Waals surface area contributed by atoms with Crippen molar-refractivity contribution in [2.75, 3.05) is 20.6 Å². The van der Waals surface area contributed by atoms with Gasteiger partial charge in [-0.05, 0) is 56.1 Å². The average molecular weight is 564 g/mol. The molecule has 0 fully saturated rings. The van der Waals surface area contributed by atoms with Gasteiger partial charge < -0.3 is 21.3 Å². The van der Waals surface area contributed by atoms with Crippen molar-refractivity contribution in [3.63, 3.8) is 0 Å². The Kier molecular flexibility index (Phi) is 11.4. The summed E-state index contributed by atoms with van der Waals surface area (Å²) in [4.78, 5) is 45.0. The van der Waals surface area contributed by atoms with Gasteiger partial charge in [-0.15, -0.1) is 11.3 Å². The molecule has 0 aliphatic rings. The fraction of sp³-hybridized carbons (Fsp3) is 0.419. The number of nitrogens with one attached hydrogen (secondary N) is 2. The molecule has 0 saturated heterocycles. The zero-order valence-corrected chi connectivity index (χ0v) is 24.9. The molecule has 0 aliphatic carbocycles. The summed E-state index contributed by atoms with van der Waals surface area (Å²) < 4.78 is 1.06. The highest BCUT2D eigenvalue weighted by molar-refractivity contribution is 7.18. The molecule has 4 N–H and O–H groups in total. The van der Waals surface area contributed by atoms with Gasteiger partial charge >= 0.3 is 0 Å². The second kappa shape index (κ2) is 14.7. The molecule has 0 radical (unpaired) electrons. The zero-order valence-electron chi connectivity index (χ0n) is 24.1. The molecule has 0 unspecified atom stereocenters. The van der Waals surface area contributed by atoms with E-state index >= 15 is 0 Å². The molecule has 2 aromatic carbocycles. The standard InChI is InChI=1S/C31H41N5O3S/c1-6-28(37)34-26(19-29-35-25-13-12-22(20(2)3)18-27(25)40-29)31(39)33-24(16-21-10-8-7-9-11-21)17-23(30(32)38)14-15-36(4)5/h7-14,18,20,24,26H,6,15-17,19H2,1-5H3,(H2,32,38)(H,33,39)(H,34,37)/t24-,26-/m0/s1. The lowest BCUT2D eigenvalue weighted by molar-refractivity contribution is -0.129. The number of nitrogens with two attached hydrogens (primary N) is 1. The Morgan fingerprint density at radius 3 is 2.40 bits per heavy atom. The summed E-state index contributed by atoms with van der Waals surface area (Å²) in [7, 11) is 3.82. The third-order valence-electron chi connectivity index (χ3n) is 6.63. The van der Waals surface area contributed by atoms with E-state index in [4.69, 9.17) is 10.7 Å². The van der Waals surface area contributed by atoms with Crippen LogP contribution < -0.4 is 16.4 Å². The Labute approximate surface area is 241 Å². The van der Waals surface area contributed by atoms with Gasteiger partial charge in [0.1, 0.15) is 6.04 Å². The SMILES string of the molecule is CCC(=O)N[C@@H](Cc1nc2ccc(C(C)C)cc2s1)C(=O)N[C@H](CC(=CCN(C)C)C(N)=O)Cc1ccccc1. The fourth-order valence-electron chi connectivity index (χ4n) is 4.33. The molecule has 0 aliphatic heterocycles. The molecule has 0 saturated carbocycles. The van der Waals surface area contributed by atoms with Gasteiger partial charge in [-0.3, -0.25) is 14.4 Å². The van der Waals surface area contributed by atoms with E-state index in [2.05, 4.69) is 36.6 Å². The summed E-state index contributed by atoms with van der Waals surface area (Å²) in [5.74, 6) is -0.649. The fourth-order valence-corrected chi connectivity index (χ4v) is 5.39. The Morgan fingerprint density at radius 2 is 1.77 bits per heavy atom. The smallest absolute Gasteiger partial charge is 0.244 e. The van der Waals surface area contributed by atoms with Crippen LogP contribution in [0.25, 0.3) is 10.2 Å². The van der Waals surface area contributed by atoms with Crippen molar-refractivity contribution in [3.05, 3.63) is 76.3 Å². The van der Waals surface area contributed by atoms with Crippen LogP contribution in [-0.2, 0) is 27.2 Å². The predicted octanol–water partition coefficient (Wildman–Crippen LogP) is 3.95. The summed E-state index contributed by atoms with van der Waals surface area (Å²) in [6, 6.07) is 14.8. The Morgan fingerprint density at radius 1 is 1.05 bits per heavy atom. The minimum absolute atomic E-state index is 0.216. The third kappa shape index (κ3) is 9.27. The molecule has 1 heterocycles. The molecular weight excluding hydrogens is 522 g/mol. The molecule has 3 amide bonds. The van der Waals surface area contributed by atoms with Crippen LogP contribution in [0.2, 0.25) is 0 Å². The number of primary amides is 1. The monoisotopic (exact) mass is 563 g/mol. The molecule has 8 nitrogen and oxygen atoms in total. The number of aromatic nitrogens is 1. The van der Waals surface area contributed by atoms with Gasteiger partial charge in [-0.2, -0.15) is 0 Å². The molecule has 1 aromatic heterocycles. The number of carbonyl (C=O) groups excluding carboxylic acids is 3. The third-order valence-corrected chi connectivity index (χ3v) is 7.67. The molecule has 40 heavy (non-hydrogen) atoms. The number of nitrogens with zero attached hydrogens (tertiary/aromatic N) is 2. The first-order valence-corrected chi connectivity index (χ1v) is 14.5. The van der Waals surface area contributed by atoms with Crippen LogP contribution in [0.1, 0.15) is 55.7 Å². The quantitative estimate of drug-likeness (QED) is 0.257. The minimum Gasteiger partial charge on any atom is -0.366 e. The van der Waals surface area contributed by atoms with Crippen LogP contribution in [0.3, 0.4) is 0 Å². The number of thiazole rings is 1. The first kappa shape index (κ1) is 31.0. The number of hydrogen-bond acceptors (Lipinski definition) is 6. The summed E-state index contributed by atoms with van der Waals surface area (Å²) >= 11 is 1.54. The number of hydrogen-bond donors (Lipinski definition) is 3. The van der Waals surface area contributed by atoms with Crippen LogP contribution in [0.4, 0.5) is 0 Å². The topological polar surface area (TPSA) is 117 Å². The number of fused-ring (bicyclic) bond motifs is 1. The lowest BCUT2D eigenvalue weighted by Gasteiger charge is -2.24. The summed E-state index contributed by atoms with van der Waals surface area (Å²) in [5.41, 5.74) is 9.29. The second-order valence-corrected chi connectivity index (χ2v) is 11.7. The van der Waals surface area contributed by atoms with E-state index in [9.17, 15) is 14.4 Å². The number of benzene rings is 2. The molecule has 0 bridgehead atoms. The first-order chi connectivity index (χ1) is 19.0. The van der Waals surface area contributed by atoms with Crippen LogP contribution in [-0.4, -0.2) is 60.3 Å². The molecule has 3 aromatic rings. The van der Waals surface area contributed by atoms with Gasteiger partial charge in [-0.1, -0.05) is 63.2 Å². The lowest BCUT2D eigenvalue weighted by atomic mass is 9.97. The highest BCUT2D eigenvalue weighted by Gasteiger charge is 2.26. The van der Waals surface area contributed by atoms with E-state index < -0.39 is 18.0 Å². The van der Waals surface area contributed by atoms with E-state index in [1.807, 2.05) is 55.4 Å². The van der Waals surface area contributed by atoms with Gasteiger partial charge in [-0.25, -0.2) is 4.98 Å². The maximum absolute atomic E-state index is 13.7. The van der Waals surface area contributed by atoms with Gasteiger partial charge in [0, 0.05) is 31.0 Å². The van der Waals surface area contributed by atoms with Gasteiger partial charge in [0.05, 0.1) is 15.2 Å². The molecule has 3 rings (SSSR count).